The van der Waals surface area contributed by atoms with Crippen LogP contribution in [0.3, 0.4) is 0 Å². The molecule has 3 heterocycles. The third-order valence-electron chi connectivity index (χ3n) is 6.44. The summed E-state index contributed by atoms with van der Waals surface area (Å²) in [4.78, 5) is 44.1. The van der Waals surface area contributed by atoms with Gasteiger partial charge in [0.2, 0.25) is 11.8 Å². The number of sulfonamides is 1. The normalized spacial score (nSPS) is 12.8. The Morgan fingerprint density at radius 3 is 2.32 bits per heavy atom. The topological polar surface area (TPSA) is 194 Å². The maximum absolute atomic E-state index is 12.6. The number of anilines is 1. The fourth-order valence-electron chi connectivity index (χ4n) is 4.10. The van der Waals surface area contributed by atoms with E-state index in [9.17, 15) is 22.8 Å². The number of carbonyl (C=O) groups is 2. The highest BCUT2D eigenvalue weighted by Crippen LogP contribution is 2.33. The van der Waals surface area contributed by atoms with E-state index >= 15 is 0 Å². The first-order valence-electron chi connectivity index (χ1n) is 14.7. The Morgan fingerprint density at radius 1 is 1.08 bits per heavy atom. The quantitative estimate of drug-likeness (QED) is 0.188. The van der Waals surface area contributed by atoms with Crippen molar-refractivity contribution in [3.8, 4) is 23.8 Å². The number of nitrogens with one attached hydrogen (secondary N) is 2. The lowest BCUT2D eigenvalue weighted by Gasteiger charge is -2.25. The van der Waals surface area contributed by atoms with Gasteiger partial charge in [-0.1, -0.05) is 62.0 Å². The van der Waals surface area contributed by atoms with Crippen LogP contribution in [-0.4, -0.2) is 66.1 Å². The molecule has 1 fully saturated rings. The summed E-state index contributed by atoms with van der Waals surface area (Å²) in [6.45, 7) is 9.64. The van der Waals surface area contributed by atoms with Gasteiger partial charge in [-0.25, -0.2) is 37.5 Å². The van der Waals surface area contributed by atoms with Gasteiger partial charge in [-0.15, -0.1) is 11.5 Å². The predicted octanol–water partition coefficient (Wildman–Crippen LogP) is 4.60. The van der Waals surface area contributed by atoms with Gasteiger partial charge < -0.3 is 18.6 Å². The molecule has 0 saturated carbocycles. The van der Waals surface area contributed by atoms with Crippen molar-refractivity contribution in [2.24, 2.45) is 0 Å². The molecule has 1 aliphatic heterocycles. The fourth-order valence-corrected chi connectivity index (χ4v) is 5.72. The summed E-state index contributed by atoms with van der Waals surface area (Å²) in [6.07, 6.45) is 4.74. The molecule has 0 aliphatic carbocycles. The van der Waals surface area contributed by atoms with Gasteiger partial charge in [0.15, 0.2) is 0 Å². The van der Waals surface area contributed by atoms with Gasteiger partial charge in [-0.3, -0.25) is 5.32 Å². The Balaban J connectivity index is 0.000000232. The van der Waals surface area contributed by atoms with Gasteiger partial charge >= 0.3 is 17.8 Å². The van der Waals surface area contributed by atoms with Crippen LogP contribution in [-0.2, 0) is 24.9 Å². The number of rotatable bonds is 8. The molecule has 264 valence electrons. The second kappa shape index (κ2) is 15.7. The zero-order valence-corrected chi connectivity index (χ0v) is 29.8. The number of terminal acetylenes is 1. The summed E-state index contributed by atoms with van der Waals surface area (Å²) in [5.74, 6) is 1.45. The number of hydrogen-bond acceptors (Lipinski definition) is 12. The van der Waals surface area contributed by atoms with Gasteiger partial charge in [-0.2, -0.15) is 4.68 Å². The molecule has 15 nitrogen and oxygen atoms in total. The molecule has 0 spiro atoms. The molecular weight excluding hydrogens is 715 g/mol. The highest BCUT2D eigenvalue weighted by molar-refractivity contribution is 7.90. The lowest BCUT2D eigenvalue weighted by Crippen LogP contribution is -2.39. The minimum Gasteiger partial charge on any atom is -0.479 e. The van der Waals surface area contributed by atoms with Gasteiger partial charge in [0.1, 0.15) is 23.4 Å². The Kier molecular flexibility index (Phi) is 11.9. The lowest BCUT2D eigenvalue weighted by atomic mass is 9.97. The number of ether oxygens (including phenoxy) is 3. The van der Waals surface area contributed by atoms with E-state index < -0.39 is 39.3 Å². The summed E-state index contributed by atoms with van der Waals surface area (Å²) in [7, 11) is -4.35. The van der Waals surface area contributed by atoms with Crippen molar-refractivity contribution in [2.45, 2.75) is 51.0 Å². The second-order valence-corrected chi connectivity index (χ2v) is 14.1. The Morgan fingerprint density at radius 2 is 1.74 bits per heavy atom. The molecular formula is C32H32Cl2N6O9S. The summed E-state index contributed by atoms with van der Waals surface area (Å²) < 4.78 is 48.7. The van der Waals surface area contributed by atoms with Crippen LogP contribution in [0.5, 0.6) is 5.75 Å². The highest BCUT2D eigenvalue weighted by atomic mass is 35.5. The molecule has 1 aliphatic rings. The number of nitrogens with zero attached hydrogens (tertiary/aromatic N) is 4. The maximum Gasteiger partial charge on any atom is 0.442 e. The van der Waals surface area contributed by atoms with Crippen LogP contribution < -0.4 is 20.5 Å². The van der Waals surface area contributed by atoms with E-state index in [1.807, 2.05) is 25.5 Å². The number of amides is 2. The van der Waals surface area contributed by atoms with E-state index in [1.165, 1.54) is 36.4 Å². The van der Waals surface area contributed by atoms with Crippen molar-refractivity contribution in [1.82, 2.24) is 24.5 Å². The van der Waals surface area contributed by atoms with Crippen LogP contribution in [0.15, 0.2) is 56.6 Å². The van der Waals surface area contributed by atoms with Gasteiger partial charge in [0, 0.05) is 22.9 Å². The molecule has 2 aromatic heterocycles. The van der Waals surface area contributed by atoms with Crippen LogP contribution in [0.4, 0.5) is 10.7 Å². The van der Waals surface area contributed by atoms with Crippen molar-refractivity contribution in [3.63, 3.8) is 0 Å². The van der Waals surface area contributed by atoms with E-state index in [1.54, 1.807) is 19.9 Å². The molecule has 0 radical (unpaired) electrons. The molecule has 50 heavy (non-hydrogen) atoms. The molecule has 2 aromatic carbocycles. The van der Waals surface area contributed by atoms with Crippen LogP contribution in [0, 0.1) is 26.2 Å². The van der Waals surface area contributed by atoms with Gasteiger partial charge in [-0.05, 0) is 38.1 Å². The molecule has 0 unspecified atom stereocenters. The van der Waals surface area contributed by atoms with Crippen molar-refractivity contribution >= 4 is 51.2 Å². The fraction of sp³-hybridized carbons (Fsp3) is 0.312. The average molecular weight is 748 g/mol. The zero-order valence-electron chi connectivity index (χ0n) is 27.4. The second-order valence-electron chi connectivity index (χ2n) is 11.7. The summed E-state index contributed by atoms with van der Waals surface area (Å²) >= 11 is 12.2. The number of halogens is 2. The number of aryl methyl sites for hydroxylation is 2. The summed E-state index contributed by atoms with van der Waals surface area (Å²) in [6, 6.07) is 9.05. The number of hydrogen-bond donors (Lipinski definition) is 2. The van der Waals surface area contributed by atoms with Crippen molar-refractivity contribution in [1.29, 1.82) is 0 Å². The number of esters is 1. The predicted molar refractivity (Wildman–Crippen MR) is 182 cm³/mol. The average Bonchev–Trinajstić information content (AvgIpc) is 3.40. The van der Waals surface area contributed by atoms with Crippen LogP contribution >= 0.6 is 23.2 Å². The molecule has 2 N–H and O–H groups in total. The number of benzene rings is 2. The first kappa shape index (κ1) is 37.9. The van der Waals surface area contributed by atoms with Gasteiger partial charge in [0.05, 0.1) is 34.5 Å². The third-order valence-corrected chi connectivity index (χ3v) is 8.43. The van der Waals surface area contributed by atoms with Crippen molar-refractivity contribution in [2.75, 3.05) is 25.1 Å². The monoisotopic (exact) mass is 746 g/mol. The van der Waals surface area contributed by atoms with Crippen molar-refractivity contribution in [3.05, 3.63) is 85.9 Å². The molecule has 0 atom stereocenters. The minimum absolute atomic E-state index is 0.0390. The van der Waals surface area contributed by atoms with E-state index in [0.717, 1.165) is 4.68 Å². The lowest BCUT2D eigenvalue weighted by molar-refractivity contribution is -0.103. The van der Waals surface area contributed by atoms with E-state index in [2.05, 4.69) is 26.3 Å². The van der Waals surface area contributed by atoms with E-state index in [0.29, 0.717) is 28.7 Å². The molecule has 0 bridgehead atoms. The minimum atomic E-state index is -4.35. The smallest absolute Gasteiger partial charge is 0.442 e. The number of aromatic nitrogens is 4. The van der Waals surface area contributed by atoms with Crippen LogP contribution in [0.1, 0.15) is 48.4 Å². The molecule has 2 amide bonds. The molecule has 4 aromatic rings. The maximum atomic E-state index is 12.6. The molecule has 18 heteroatoms. The largest absolute Gasteiger partial charge is 0.479 e. The first-order chi connectivity index (χ1) is 23.5. The SMILES string of the molecule is C#CCOc1cc(-n2nc(C(C)(C)C)oc2=O)c(Cl)cc1Cl.Cc1cc(C)nc(NC(=O)NS(=O)(=O)c2ccccc2C(=O)OC2COC2)n1. The van der Waals surface area contributed by atoms with E-state index in [-0.39, 0.29) is 46.3 Å². The van der Waals surface area contributed by atoms with E-state index in [4.69, 9.17) is 48.3 Å². The Hall–Kier alpha value is -4.95. The van der Waals surface area contributed by atoms with Crippen LogP contribution in [0.25, 0.3) is 5.69 Å². The summed E-state index contributed by atoms with van der Waals surface area (Å²) in [5, 5.41) is 6.97. The summed E-state index contributed by atoms with van der Waals surface area (Å²) in [5.41, 5.74) is 0.934. The highest BCUT2D eigenvalue weighted by Gasteiger charge is 2.29. The number of carbonyl (C=O) groups excluding carboxylic acids is 2. The van der Waals surface area contributed by atoms with Gasteiger partial charge in [0.25, 0.3) is 10.0 Å². The Labute approximate surface area is 297 Å². The third kappa shape index (κ3) is 9.60. The zero-order chi connectivity index (χ0) is 36.8. The van der Waals surface area contributed by atoms with Crippen LogP contribution in [0.2, 0.25) is 10.0 Å². The molecule has 1 saturated heterocycles. The Bertz CT molecular complexity index is 2100. The first-order valence-corrected chi connectivity index (χ1v) is 16.9. The standard InChI is InChI=1S/C17H18N4O6S.C15H14Cl2N2O3/c1-10-7-11(2)19-16(18-10)20-17(23)21-28(24,25)14-6-4-3-5-13(14)15(22)27-12-8-26-9-12;1-5-6-21-12-8-11(9(16)7-10(12)17)19-14(20)22-13(18-19)15(2,3)4/h3-7,12H,8-9H2,1-2H3,(H2,18,19,20,21,23);1,7-8H,6H2,2-4H3. The molecule has 5 rings (SSSR count). The number of urea groups is 1. The van der Waals surface area contributed by atoms with Crippen molar-refractivity contribution < 1.29 is 36.6 Å².